The van der Waals surface area contributed by atoms with Crippen LogP contribution in [0.2, 0.25) is 0 Å². The molecule has 2 fully saturated rings. The van der Waals surface area contributed by atoms with Crippen molar-refractivity contribution in [3.8, 4) is 16.3 Å². The molecule has 1 aliphatic heterocycles. The molecule has 3 unspecified atom stereocenters. The minimum atomic E-state index is -4.62. The highest BCUT2D eigenvalue weighted by molar-refractivity contribution is 7.14. The Balaban J connectivity index is 1.37. The van der Waals surface area contributed by atoms with Gasteiger partial charge in [0.2, 0.25) is 5.82 Å². The molecule has 1 aromatic carbocycles. The number of amides is 1. The minimum absolute atomic E-state index is 0.0914. The smallest absolute Gasteiger partial charge is 0.451 e. The Morgan fingerprint density at radius 2 is 1.94 bits per heavy atom. The summed E-state index contributed by atoms with van der Waals surface area (Å²) >= 11 is 1.52. The lowest BCUT2D eigenvalue weighted by Crippen LogP contribution is -2.35. The number of thiazole rings is 1. The maximum Gasteiger partial charge on any atom is 0.451 e. The molecule has 2 bridgehead atoms. The fourth-order valence-corrected chi connectivity index (χ4v) is 5.34. The number of fused-ring (bicyclic) bond motifs is 2. The van der Waals surface area contributed by atoms with Crippen LogP contribution in [0, 0.1) is 12.8 Å². The summed E-state index contributed by atoms with van der Waals surface area (Å²) in [7, 11) is 0. The van der Waals surface area contributed by atoms with Gasteiger partial charge in [-0.25, -0.2) is 15.0 Å². The van der Waals surface area contributed by atoms with Crippen molar-refractivity contribution < 1.29 is 22.7 Å². The van der Waals surface area contributed by atoms with Gasteiger partial charge in [-0.15, -0.1) is 11.3 Å². The van der Waals surface area contributed by atoms with E-state index < -0.39 is 18.0 Å². The first kappa shape index (κ1) is 23.7. The highest BCUT2D eigenvalue weighted by Gasteiger charge is 2.41. The quantitative estimate of drug-likeness (QED) is 0.513. The van der Waals surface area contributed by atoms with Gasteiger partial charge >= 0.3 is 6.18 Å². The average molecular weight is 504 g/mol. The van der Waals surface area contributed by atoms with Crippen LogP contribution in [0.1, 0.15) is 52.4 Å². The van der Waals surface area contributed by atoms with Gasteiger partial charge in [0.25, 0.3) is 5.91 Å². The summed E-state index contributed by atoms with van der Waals surface area (Å²) in [5.41, 5.74) is 1.52. The molecule has 2 aromatic heterocycles. The number of nitrogens with one attached hydrogen (secondary N) is 2. The summed E-state index contributed by atoms with van der Waals surface area (Å²) in [5, 5.41) is 7.06. The Morgan fingerprint density at radius 3 is 2.54 bits per heavy atom. The second kappa shape index (κ2) is 9.19. The fraction of sp³-hybridized carbons (Fsp3) is 0.417. The molecular formula is C24H24F3N5O2S. The van der Waals surface area contributed by atoms with Gasteiger partial charge in [0, 0.05) is 58.7 Å². The van der Waals surface area contributed by atoms with Crippen LogP contribution in [0.5, 0.6) is 5.75 Å². The minimum Gasteiger partial charge on any atom is -0.490 e. The molecule has 4 atom stereocenters. The molecule has 7 nitrogen and oxygen atoms in total. The van der Waals surface area contributed by atoms with E-state index in [1.165, 1.54) is 11.3 Å². The van der Waals surface area contributed by atoms with E-state index in [0.717, 1.165) is 47.2 Å². The summed E-state index contributed by atoms with van der Waals surface area (Å²) in [6, 6.07) is 5.23. The molecule has 184 valence electrons. The number of nitrogens with zero attached hydrogens (tertiary/aromatic N) is 3. The molecule has 0 spiro atoms. The first-order valence-electron chi connectivity index (χ1n) is 11.3. The van der Waals surface area contributed by atoms with E-state index >= 15 is 0 Å². The Labute approximate surface area is 204 Å². The van der Waals surface area contributed by atoms with Crippen molar-refractivity contribution in [2.45, 2.75) is 51.1 Å². The first-order valence-corrected chi connectivity index (χ1v) is 12.2. The number of rotatable bonds is 6. The highest BCUT2D eigenvalue weighted by atomic mass is 32.1. The van der Waals surface area contributed by atoms with Crippen LogP contribution in [0.3, 0.4) is 0 Å². The molecule has 1 aliphatic carbocycles. The largest absolute Gasteiger partial charge is 0.490 e. The van der Waals surface area contributed by atoms with Crippen molar-refractivity contribution in [1.82, 2.24) is 25.6 Å². The Hall–Kier alpha value is -3.05. The van der Waals surface area contributed by atoms with Crippen LogP contribution in [0.25, 0.3) is 10.6 Å². The highest BCUT2D eigenvalue weighted by Crippen LogP contribution is 2.36. The van der Waals surface area contributed by atoms with E-state index in [1.807, 2.05) is 13.0 Å². The van der Waals surface area contributed by atoms with E-state index in [4.69, 9.17) is 4.74 Å². The molecule has 3 heterocycles. The molecule has 35 heavy (non-hydrogen) atoms. The lowest BCUT2D eigenvalue weighted by Gasteiger charge is -2.24. The number of carbonyl (C=O) groups excluding carboxylic acids is 1. The van der Waals surface area contributed by atoms with E-state index in [9.17, 15) is 18.0 Å². The first-order chi connectivity index (χ1) is 16.7. The number of benzene rings is 1. The van der Waals surface area contributed by atoms with Crippen LogP contribution < -0.4 is 15.4 Å². The number of aryl methyl sites for hydroxylation is 1. The number of piperidine rings is 1. The van der Waals surface area contributed by atoms with Crippen molar-refractivity contribution >= 4 is 17.2 Å². The van der Waals surface area contributed by atoms with Crippen molar-refractivity contribution in [1.29, 1.82) is 0 Å². The van der Waals surface area contributed by atoms with Gasteiger partial charge < -0.3 is 15.4 Å². The fourth-order valence-electron chi connectivity index (χ4n) is 4.59. The van der Waals surface area contributed by atoms with Crippen molar-refractivity contribution in [2.24, 2.45) is 5.92 Å². The molecule has 1 saturated heterocycles. The third kappa shape index (κ3) is 5.15. The Bertz CT molecular complexity index is 1230. The monoisotopic (exact) mass is 503 g/mol. The van der Waals surface area contributed by atoms with Gasteiger partial charge in [-0.2, -0.15) is 13.2 Å². The summed E-state index contributed by atoms with van der Waals surface area (Å²) in [5.74, 6) is -0.554. The zero-order valence-electron chi connectivity index (χ0n) is 19.1. The van der Waals surface area contributed by atoms with Gasteiger partial charge in [-0.1, -0.05) is 0 Å². The SMILES string of the molecule is Cc1cnc(-c2cc(OC3CC4CC3CN4)cc(C(=O)N[C@H](C)c3cnc(C(F)(F)F)nc3)c2)s1. The number of hydrogen-bond acceptors (Lipinski definition) is 7. The van der Waals surface area contributed by atoms with Crippen molar-refractivity contribution in [2.75, 3.05) is 6.54 Å². The van der Waals surface area contributed by atoms with Gasteiger partial charge in [0.05, 0.1) is 6.04 Å². The molecule has 5 rings (SSSR count). The van der Waals surface area contributed by atoms with Gasteiger partial charge in [0.15, 0.2) is 0 Å². The van der Waals surface area contributed by atoms with E-state index in [1.54, 1.807) is 25.3 Å². The Morgan fingerprint density at radius 1 is 1.17 bits per heavy atom. The summed E-state index contributed by atoms with van der Waals surface area (Å²) in [6.45, 7) is 4.56. The second-order valence-corrected chi connectivity index (χ2v) is 10.3. The van der Waals surface area contributed by atoms with Crippen LogP contribution in [-0.4, -0.2) is 39.5 Å². The van der Waals surface area contributed by atoms with Crippen LogP contribution in [0.4, 0.5) is 13.2 Å². The normalized spacial score (nSPS) is 22.3. The molecule has 3 aromatic rings. The van der Waals surface area contributed by atoms with E-state index in [-0.39, 0.29) is 12.0 Å². The summed E-state index contributed by atoms with van der Waals surface area (Å²) < 4.78 is 44.6. The van der Waals surface area contributed by atoms with Gasteiger partial charge in [-0.3, -0.25) is 4.79 Å². The number of hydrogen-bond donors (Lipinski definition) is 2. The lowest BCUT2D eigenvalue weighted by molar-refractivity contribution is -0.145. The third-order valence-corrected chi connectivity index (χ3v) is 7.36. The lowest BCUT2D eigenvalue weighted by atomic mass is 10.1. The van der Waals surface area contributed by atoms with Crippen molar-refractivity contribution in [3.63, 3.8) is 0 Å². The van der Waals surface area contributed by atoms with Crippen LogP contribution in [0.15, 0.2) is 36.8 Å². The third-order valence-electron chi connectivity index (χ3n) is 6.40. The molecule has 1 amide bonds. The standard InChI is InChI=1S/C24H24F3N5O2S/c1-12-8-29-22(35-12)15-3-14(5-19(6-15)34-20-7-18-4-16(20)9-28-18)21(33)32-13(2)17-10-30-23(31-11-17)24(25,26)27/h3,5-6,8,10-11,13,16,18,20,28H,4,7,9H2,1-2H3,(H,32,33)/t13-,16?,18?,20?/m1/s1. The second-order valence-electron chi connectivity index (χ2n) is 9.05. The van der Waals surface area contributed by atoms with Crippen LogP contribution in [-0.2, 0) is 6.18 Å². The van der Waals surface area contributed by atoms with E-state index in [2.05, 4.69) is 25.6 Å². The summed E-state index contributed by atoms with van der Waals surface area (Å²) in [4.78, 5) is 25.4. The number of aromatic nitrogens is 3. The molecule has 11 heteroatoms. The number of halogens is 3. The Kier molecular flexibility index (Phi) is 6.22. The van der Waals surface area contributed by atoms with Crippen LogP contribution >= 0.6 is 11.3 Å². The molecule has 2 aliphatic rings. The molecule has 2 N–H and O–H groups in total. The van der Waals surface area contributed by atoms with Crippen molar-refractivity contribution in [3.05, 3.63) is 58.6 Å². The maximum absolute atomic E-state index is 13.1. The zero-order chi connectivity index (χ0) is 24.7. The average Bonchev–Trinajstić information content (AvgIpc) is 3.56. The molecule has 1 saturated carbocycles. The van der Waals surface area contributed by atoms with Gasteiger partial charge in [0.1, 0.15) is 16.9 Å². The maximum atomic E-state index is 13.1. The zero-order valence-corrected chi connectivity index (χ0v) is 19.9. The van der Waals surface area contributed by atoms with E-state index in [0.29, 0.717) is 28.8 Å². The molecular weight excluding hydrogens is 479 g/mol. The predicted octanol–water partition coefficient (Wildman–Crippen LogP) is 4.55. The molecule has 0 radical (unpaired) electrons. The number of alkyl halides is 3. The number of carbonyl (C=O) groups is 1. The predicted molar refractivity (Wildman–Crippen MR) is 124 cm³/mol. The number of ether oxygens (including phenoxy) is 1. The summed E-state index contributed by atoms with van der Waals surface area (Å²) in [6.07, 6.45) is 1.43. The van der Waals surface area contributed by atoms with Gasteiger partial charge in [-0.05, 0) is 44.9 Å². The topological polar surface area (TPSA) is 89.0 Å².